The van der Waals surface area contributed by atoms with E-state index in [-0.39, 0.29) is 11.5 Å². The zero-order valence-corrected chi connectivity index (χ0v) is 15.9. The highest BCUT2D eigenvalue weighted by Crippen LogP contribution is 2.25. The van der Waals surface area contributed by atoms with E-state index in [2.05, 4.69) is 10.3 Å². The van der Waals surface area contributed by atoms with Crippen molar-refractivity contribution in [1.29, 1.82) is 0 Å². The smallest absolute Gasteiger partial charge is 0.255 e. The standard InChI is InChI=1S/C22H17FN2O2S/c1-14-11-17(27-13-21-24-19-7-2-3-8-20(19)28-21)9-10-18(14)25-22(26)15-5-4-6-16(23)12-15/h2-12H,13H2,1H3,(H,25,26). The Balaban J connectivity index is 1.43. The number of ether oxygens (including phenoxy) is 1. The van der Waals surface area contributed by atoms with Gasteiger partial charge in [-0.25, -0.2) is 9.37 Å². The van der Waals surface area contributed by atoms with Crippen molar-refractivity contribution in [3.63, 3.8) is 0 Å². The molecule has 1 amide bonds. The van der Waals surface area contributed by atoms with Gasteiger partial charge in [0.2, 0.25) is 0 Å². The number of rotatable bonds is 5. The molecule has 4 aromatic rings. The molecular weight excluding hydrogens is 375 g/mol. The van der Waals surface area contributed by atoms with Crippen molar-refractivity contribution in [3.8, 4) is 5.75 Å². The van der Waals surface area contributed by atoms with Crippen molar-refractivity contribution < 1.29 is 13.9 Å². The molecule has 0 radical (unpaired) electrons. The molecule has 3 aromatic carbocycles. The van der Waals surface area contributed by atoms with E-state index in [4.69, 9.17) is 4.74 Å². The van der Waals surface area contributed by atoms with E-state index in [9.17, 15) is 9.18 Å². The zero-order chi connectivity index (χ0) is 19.5. The van der Waals surface area contributed by atoms with Gasteiger partial charge in [-0.2, -0.15) is 0 Å². The number of nitrogens with zero attached hydrogens (tertiary/aromatic N) is 1. The predicted molar refractivity (Wildman–Crippen MR) is 109 cm³/mol. The topological polar surface area (TPSA) is 51.2 Å². The van der Waals surface area contributed by atoms with Crippen LogP contribution in [-0.4, -0.2) is 10.9 Å². The van der Waals surface area contributed by atoms with Crippen LogP contribution in [0.5, 0.6) is 5.75 Å². The predicted octanol–water partition coefficient (Wildman–Crippen LogP) is 5.58. The normalized spacial score (nSPS) is 10.8. The van der Waals surface area contributed by atoms with Crippen molar-refractivity contribution in [2.24, 2.45) is 0 Å². The van der Waals surface area contributed by atoms with Gasteiger partial charge in [-0.15, -0.1) is 11.3 Å². The highest BCUT2D eigenvalue weighted by atomic mass is 32.1. The molecule has 0 saturated heterocycles. The lowest BCUT2D eigenvalue weighted by molar-refractivity contribution is 0.102. The molecule has 1 N–H and O–H groups in total. The Bertz CT molecular complexity index is 1120. The van der Waals surface area contributed by atoms with Crippen LogP contribution in [0.4, 0.5) is 10.1 Å². The van der Waals surface area contributed by atoms with Gasteiger partial charge in [-0.1, -0.05) is 18.2 Å². The number of benzene rings is 3. The van der Waals surface area contributed by atoms with Crippen LogP contribution in [0.15, 0.2) is 66.7 Å². The average molecular weight is 392 g/mol. The third-order valence-corrected chi connectivity index (χ3v) is 5.24. The van der Waals surface area contributed by atoms with Gasteiger partial charge in [0.25, 0.3) is 5.91 Å². The number of carbonyl (C=O) groups excluding carboxylic acids is 1. The van der Waals surface area contributed by atoms with E-state index < -0.39 is 5.82 Å². The molecule has 1 aromatic heterocycles. The van der Waals surface area contributed by atoms with Crippen LogP contribution in [-0.2, 0) is 6.61 Å². The fourth-order valence-electron chi connectivity index (χ4n) is 2.82. The number of para-hydroxylation sites is 1. The number of hydrogen-bond acceptors (Lipinski definition) is 4. The number of fused-ring (bicyclic) bond motifs is 1. The highest BCUT2D eigenvalue weighted by molar-refractivity contribution is 7.18. The first kappa shape index (κ1) is 18.1. The Labute approximate surface area is 165 Å². The van der Waals surface area contributed by atoms with Gasteiger partial charge >= 0.3 is 0 Å². The lowest BCUT2D eigenvalue weighted by Gasteiger charge is -2.11. The molecule has 0 saturated carbocycles. The molecule has 4 nitrogen and oxygen atoms in total. The summed E-state index contributed by atoms with van der Waals surface area (Å²) in [5.41, 5.74) is 2.75. The molecule has 0 unspecified atom stereocenters. The minimum atomic E-state index is -0.442. The third-order valence-electron chi connectivity index (χ3n) is 4.23. The summed E-state index contributed by atoms with van der Waals surface area (Å²) >= 11 is 1.61. The molecule has 140 valence electrons. The number of aromatic nitrogens is 1. The number of hydrogen-bond donors (Lipinski definition) is 1. The summed E-state index contributed by atoms with van der Waals surface area (Å²) in [5, 5.41) is 3.71. The minimum absolute atomic E-state index is 0.274. The van der Waals surface area contributed by atoms with Gasteiger partial charge in [0.05, 0.1) is 10.2 Å². The number of thiazole rings is 1. The molecule has 0 atom stereocenters. The van der Waals surface area contributed by atoms with E-state index in [0.717, 1.165) is 20.8 Å². The quantitative estimate of drug-likeness (QED) is 0.483. The molecule has 4 rings (SSSR count). The van der Waals surface area contributed by atoms with Gasteiger partial charge in [0.1, 0.15) is 23.2 Å². The largest absolute Gasteiger partial charge is 0.486 e. The zero-order valence-electron chi connectivity index (χ0n) is 15.1. The van der Waals surface area contributed by atoms with Crippen LogP contribution in [0.25, 0.3) is 10.2 Å². The van der Waals surface area contributed by atoms with Crippen LogP contribution in [0.1, 0.15) is 20.9 Å². The van der Waals surface area contributed by atoms with Crippen LogP contribution in [0.2, 0.25) is 0 Å². The SMILES string of the molecule is Cc1cc(OCc2nc3ccccc3s2)ccc1NC(=O)c1cccc(F)c1. The Hall–Kier alpha value is -3.25. The molecule has 0 aliphatic heterocycles. The summed E-state index contributed by atoms with van der Waals surface area (Å²) < 4.78 is 20.3. The number of carbonyl (C=O) groups is 1. The maximum atomic E-state index is 13.3. The number of halogens is 1. The van der Waals surface area contributed by atoms with Gasteiger partial charge < -0.3 is 10.1 Å². The van der Waals surface area contributed by atoms with Crippen LogP contribution >= 0.6 is 11.3 Å². The average Bonchev–Trinajstić information content (AvgIpc) is 3.11. The van der Waals surface area contributed by atoms with E-state index in [0.29, 0.717) is 18.0 Å². The first-order chi connectivity index (χ1) is 13.6. The minimum Gasteiger partial charge on any atom is -0.486 e. The van der Waals surface area contributed by atoms with Gasteiger partial charge in [0.15, 0.2) is 0 Å². The Morgan fingerprint density at radius 1 is 1.11 bits per heavy atom. The Kier molecular flexibility index (Phi) is 5.04. The van der Waals surface area contributed by atoms with E-state index in [1.165, 1.54) is 18.2 Å². The van der Waals surface area contributed by atoms with Crippen LogP contribution in [0, 0.1) is 12.7 Å². The second-order valence-electron chi connectivity index (χ2n) is 6.31. The molecule has 6 heteroatoms. The van der Waals surface area contributed by atoms with Gasteiger partial charge in [0, 0.05) is 11.3 Å². The lowest BCUT2D eigenvalue weighted by atomic mass is 10.1. The highest BCUT2D eigenvalue weighted by Gasteiger charge is 2.10. The van der Waals surface area contributed by atoms with E-state index in [1.54, 1.807) is 29.5 Å². The van der Waals surface area contributed by atoms with E-state index >= 15 is 0 Å². The van der Waals surface area contributed by atoms with Crippen LogP contribution in [0.3, 0.4) is 0 Å². The second-order valence-corrected chi connectivity index (χ2v) is 7.42. The first-order valence-corrected chi connectivity index (χ1v) is 9.55. The maximum Gasteiger partial charge on any atom is 0.255 e. The molecule has 0 aliphatic rings. The number of amides is 1. The molecule has 0 fully saturated rings. The summed E-state index contributed by atoms with van der Waals surface area (Å²) in [6.45, 7) is 2.26. The second kappa shape index (κ2) is 7.78. The van der Waals surface area contributed by atoms with Crippen molar-refractivity contribution in [1.82, 2.24) is 4.98 Å². The maximum absolute atomic E-state index is 13.3. The molecular formula is C22H17FN2O2S. The molecule has 0 aliphatic carbocycles. The summed E-state index contributed by atoms with van der Waals surface area (Å²) in [5.74, 6) is -0.103. The number of anilines is 1. The Morgan fingerprint density at radius 3 is 2.75 bits per heavy atom. The molecule has 1 heterocycles. The summed E-state index contributed by atoms with van der Waals surface area (Å²) in [7, 11) is 0. The van der Waals surface area contributed by atoms with Crippen molar-refractivity contribution >= 4 is 33.1 Å². The van der Waals surface area contributed by atoms with Gasteiger partial charge in [-0.05, 0) is 61.0 Å². The van der Waals surface area contributed by atoms with Gasteiger partial charge in [-0.3, -0.25) is 4.79 Å². The van der Waals surface area contributed by atoms with Crippen molar-refractivity contribution in [2.75, 3.05) is 5.32 Å². The summed E-state index contributed by atoms with van der Waals surface area (Å²) in [6, 6.07) is 19.0. The summed E-state index contributed by atoms with van der Waals surface area (Å²) in [6.07, 6.45) is 0. The van der Waals surface area contributed by atoms with Crippen LogP contribution < -0.4 is 10.1 Å². The summed E-state index contributed by atoms with van der Waals surface area (Å²) in [4.78, 5) is 16.8. The number of nitrogens with one attached hydrogen (secondary N) is 1. The fourth-order valence-corrected chi connectivity index (χ4v) is 3.70. The molecule has 0 bridgehead atoms. The van der Waals surface area contributed by atoms with Crippen molar-refractivity contribution in [3.05, 3.63) is 88.7 Å². The van der Waals surface area contributed by atoms with Crippen molar-refractivity contribution in [2.45, 2.75) is 13.5 Å². The Morgan fingerprint density at radius 2 is 1.96 bits per heavy atom. The molecule has 28 heavy (non-hydrogen) atoms. The lowest BCUT2D eigenvalue weighted by Crippen LogP contribution is -2.13. The first-order valence-electron chi connectivity index (χ1n) is 8.73. The molecule has 0 spiro atoms. The monoisotopic (exact) mass is 392 g/mol. The fraction of sp³-hybridized carbons (Fsp3) is 0.0909. The number of aryl methyl sites for hydroxylation is 1. The third kappa shape index (κ3) is 4.02. The van der Waals surface area contributed by atoms with E-state index in [1.807, 2.05) is 37.3 Å².